The van der Waals surface area contributed by atoms with Crippen molar-refractivity contribution >= 4 is 17.4 Å². The fourth-order valence-electron chi connectivity index (χ4n) is 3.15. The van der Waals surface area contributed by atoms with Gasteiger partial charge in [-0.05, 0) is 29.5 Å². The zero-order chi connectivity index (χ0) is 14.9. The highest BCUT2D eigenvalue weighted by molar-refractivity contribution is 7.10. The highest BCUT2D eigenvalue weighted by atomic mass is 32.1. The molecule has 0 saturated carbocycles. The van der Waals surface area contributed by atoms with Crippen LogP contribution < -0.4 is 10.1 Å². The van der Waals surface area contributed by atoms with Crippen molar-refractivity contribution in [3.8, 4) is 5.75 Å². The number of fused-ring (bicyclic) bond motifs is 2. The summed E-state index contributed by atoms with van der Waals surface area (Å²) in [5, 5.41) is 5.29. The maximum absolute atomic E-state index is 12.6. The molecule has 22 heavy (non-hydrogen) atoms. The Labute approximate surface area is 133 Å². The lowest BCUT2D eigenvalue weighted by Gasteiger charge is -2.31. The average molecular weight is 314 g/mol. The third kappa shape index (κ3) is 2.46. The quantitative estimate of drug-likeness (QED) is 0.877. The predicted octanol–water partition coefficient (Wildman–Crippen LogP) is 3.34. The summed E-state index contributed by atoms with van der Waals surface area (Å²) < 4.78 is 5.65. The van der Waals surface area contributed by atoms with E-state index in [0.717, 1.165) is 37.2 Å². The van der Waals surface area contributed by atoms with E-state index < -0.39 is 0 Å². The van der Waals surface area contributed by atoms with Gasteiger partial charge in [0.05, 0.1) is 12.6 Å². The lowest BCUT2D eigenvalue weighted by atomic mass is 10.0. The molecule has 4 rings (SSSR count). The Morgan fingerprint density at radius 2 is 2.23 bits per heavy atom. The van der Waals surface area contributed by atoms with E-state index in [1.807, 2.05) is 29.2 Å². The SMILES string of the molecule is O=C(N[C@H]1CCOc2ccccc21)N1CCc2sccc2C1. The molecule has 4 nitrogen and oxygen atoms in total. The predicted molar refractivity (Wildman–Crippen MR) is 86.3 cm³/mol. The summed E-state index contributed by atoms with van der Waals surface area (Å²) >= 11 is 1.79. The molecule has 3 heterocycles. The van der Waals surface area contributed by atoms with Gasteiger partial charge in [-0.3, -0.25) is 0 Å². The average Bonchev–Trinajstić information content (AvgIpc) is 3.02. The van der Waals surface area contributed by atoms with Crippen molar-refractivity contribution in [3.63, 3.8) is 0 Å². The molecule has 2 aliphatic rings. The van der Waals surface area contributed by atoms with Crippen molar-refractivity contribution in [2.75, 3.05) is 13.2 Å². The molecule has 0 bridgehead atoms. The van der Waals surface area contributed by atoms with E-state index >= 15 is 0 Å². The number of thiophene rings is 1. The first-order valence-corrected chi connectivity index (χ1v) is 8.51. The number of ether oxygens (including phenoxy) is 1. The molecular formula is C17H18N2O2S. The molecule has 2 aliphatic heterocycles. The third-order valence-electron chi connectivity index (χ3n) is 4.35. The zero-order valence-corrected chi connectivity index (χ0v) is 13.1. The summed E-state index contributed by atoms with van der Waals surface area (Å²) in [6, 6.07) is 10.2. The van der Waals surface area contributed by atoms with Crippen molar-refractivity contribution in [1.29, 1.82) is 0 Å². The fourth-order valence-corrected chi connectivity index (χ4v) is 4.04. The Morgan fingerprint density at radius 3 is 3.18 bits per heavy atom. The molecule has 1 aromatic carbocycles. The largest absolute Gasteiger partial charge is 0.493 e. The normalized spacial score (nSPS) is 19.8. The van der Waals surface area contributed by atoms with Gasteiger partial charge in [0.2, 0.25) is 0 Å². The lowest BCUT2D eigenvalue weighted by Crippen LogP contribution is -2.44. The number of para-hydroxylation sites is 1. The van der Waals surface area contributed by atoms with Crippen molar-refractivity contribution in [1.82, 2.24) is 10.2 Å². The number of rotatable bonds is 1. The van der Waals surface area contributed by atoms with Crippen LogP contribution >= 0.6 is 11.3 Å². The van der Waals surface area contributed by atoms with Crippen molar-refractivity contribution in [2.45, 2.75) is 25.4 Å². The minimum absolute atomic E-state index is 0.0264. The second kappa shape index (κ2) is 5.65. The summed E-state index contributed by atoms with van der Waals surface area (Å²) in [6.45, 7) is 2.16. The Morgan fingerprint density at radius 1 is 1.32 bits per heavy atom. The summed E-state index contributed by atoms with van der Waals surface area (Å²) in [4.78, 5) is 15.9. The smallest absolute Gasteiger partial charge is 0.318 e. The van der Waals surface area contributed by atoms with Gasteiger partial charge in [0.1, 0.15) is 5.75 Å². The van der Waals surface area contributed by atoms with Crippen molar-refractivity contribution in [3.05, 3.63) is 51.7 Å². The molecule has 1 atom stereocenters. The Kier molecular flexibility index (Phi) is 3.50. The van der Waals surface area contributed by atoms with Crippen LogP contribution in [0.5, 0.6) is 5.75 Å². The number of hydrogen-bond donors (Lipinski definition) is 1. The monoisotopic (exact) mass is 314 g/mol. The first-order chi connectivity index (χ1) is 10.8. The van der Waals surface area contributed by atoms with Gasteiger partial charge < -0.3 is 15.0 Å². The molecule has 0 saturated heterocycles. The molecular weight excluding hydrogens is 296 g/mol. The lowest BCUT2D eigenvalue weighted by molar-refractivity contribution is 0.181. The highest BCUT2D eigenvalue weighted by Gasteiger charge is 2.26. The molecule has 0 radical (unpaired) electrons. The van der Waals surface area contributed by atoms with Gasteiger partial charge in [0, 0.05) is 30.0 Å². The Bertz CT molecular complexity index is 697. The van der Waals surface area contributed by atoms with E-state index in [1.54, 1.807) is 11.3 Å². The van der Waals surface area contributed by atoms with Crippen LogP contribution in [0, 0.1) is 0 Å². The van der Waals surface area contributed by atoms with Gasteiger partial charge in [0.25, 0.3) is 0 Å². The van der Waals surface area contributed by atoms with Gasteiger partial charge in [-0.2, -0.15) is 0 Å². The van der Waals surface area contributed by atoms with Crippen molar-refractivity contribution in [2.24, 2.45) is 0 Å². The van der Waals surface area contributed by atoms with Gasteiger partial charge in [-0.15, -0.1) is 11.3 Å². The third-order valence-corrected chi connectivity index (χ3v) is 5.37. The maximum Gasteiger partial charge on any atom is 0.318 e. The van der Waals surface area contributed by atoms with Crippen LogP contribution in [0.25, 0.3) is 0 Å². The molecule has 2 amide bonds. The van der Waals surface area contributed by atoms with Crippen LogP contribution in [0.15, 0.2) is 35.7 Å². The topological polar surface area (TPSA) is 41.6 Å². The van der Waals surface area contributed by atoms with E-state index in [1.165, 1.54) is 10.4 Å². The number of carbonyl (C=O) groups is 1. The summed E-state index contributed by atoms with van der Waals surface area (Å²) in [5.41, 5.74) is 2.37. The molecule has 0 aliphatic carbocycles. The van der Waals surface area contributed by atoms with Gasteiger partial charge in [-0.1, -0.05) is 18.2 Å². The molecule has 1 aromatic heterocycles. The number of amides is 2. The molecule has 5 heteroatoms. The molecule has 114 valence electrons. The van der Waals surface area contributed by atoms with Gasteiger partial charge in [-0.25, -0.2) is 4.79 Å². The number of nitrogens with zero attached hydrogens (tertiary/aromatic N) is 1. The van der Waals surface area contributed by atoms with Crippen LogP contribution in [0.2, 0.25) is 0 Å². The minimum atomic E-state index is 0.0264. The first kappa shape index (κ1) is 13.6. The zero-order valence-electron chi connectivity index (χ0n) is 12.2. The Balaban J connectivity index is 1.47. The molecule has 0 unspecified atom stereocenters. The number of nitrogens with one attached hydrogen (secondary N) is 1. The molecule has 1 N–H and O–H groups in total. The van der Waals surface area contributed by atoms with Crippen LogP contribution in [-0.2, 0) is 13.0 Å². The van der Waals surface area contributed by atoms with Crippen molar-refractivity contribution < 1.29 is 9.53 Å². The van der Waals surface area contributed by atoms with E-state index in [4.69, 9.17) is 4.74 Å². The molecule has 0 spiro atoms. The minimum Gasteiger partial charge on any atom is -0.493 e. The summed E-state index contributed by atoms with van der Waals surface area (Å²) in [6.07, 6.45) is 1.78. The van der Waals surface area contributed by atoms with E-state index in [2.05, 4.69) is 16.8 Å². The first-order valence-electron chi connectivity index (χ1n) is 7.63. The van der Waals surface area contributed by atoms with Gasteiger partial charge in [0.15, 0.2) is 0 Å². The van der Waals surface area contributed by atoms with E-state index in [9.17, 15) is 4.79 Å². The number of carbonyl (C=O) groups excluding carboxylic acids is 1. The number of hydrogen-bond acceptors (Lipinski definition) is 3. The van der Waals surface area contributed by atoms with E-state index in [-0.39, 0.29) is 12.1 Å². The highest BCUT2D eigenvalue weighted by Crippen LogP contribution is 2.32. The maximum atomic E-state index is 12.6. The molecule has 0 fully saturated rings. The fraction of sp³-hybridized carbons (Fsp3) is 0.353. The van der Waals surface area contributed by atoms with E-state index in [0.29, 0.717) is 6.61 Å². The van der Waals surface area contributed by atoms with Crippen LogP contribution in [0.4, 0.5) is 4.79 Å². The van der Waals surface area contributed by atoms with Gasteiger partial charge >= 0.3 is 6.03 Å². The summed E-state index contributed by atoms with van der Waals surface area (Å²) in [5.74, 6) is 0.887. The summed E-state index contributed by atoms with van der Waals surface area (Å²) in [7, 11) is 0. The standard InChI is InChI=1S/C17H18N2O2S/c20-17(19-8-5-16-12(11-19)7-10-22-16)18-14-6-9-21-15-4-2-1-3-13(14)15/h1-4,7,10,14H,5-6,8-9,11H2,(H,18,20)/t14-/m0/s1. The molecule has 2 aromatic rings. The Hall–Kier alpha value is -2.01. The van der Waals surface area contributed by atoms with Crippen LogP contribution in [-0.4, -0.2) is 24.1 Å². The second-order valence-corrected chi connectivity index (χ2v) is 6.72. The van der Waals surface area contributed by atoms with Crippen LogP contribution in [0.1, 0.15) is 28.5 Å². The second-order valence-electron chi connectivity index (χ2n) is 5.72. The number of urea groups is 1. The number of benzene rings is 1. The van der Waals surface area contributed by atoms with Crippen LogP contribution in [0.3, 0.4) is 0 Å².